The van der Waals surface area contributed by atoms with Crippen molar-refractivity contribution in [2.75, 3.05) is 0 Å². The molecule has 1 saturated carbocycles. The first-order chi connectivity index (χ1) is 8.38. The lowest BCUT2D eigenvalue weighted by Gasteiger charge is -2.26. The highest BCUT2D eigenvalue weighted by Crippen LogP contribution is 2.36. The van der Waals surface area contributed by atoms with E-state index in [1.807, 2.05) is 12.5 Å². The van der Waals surface area contributed by atoms with Gasteiger partial charge in [0.25, 0.3) is 0 Å². The fraction of sp³-hybridized carbons (Fsp3) is 0.357. The molecule has 0 atom stereocenters. The molecule has 1 aromatic heterocycles. The first kappa shape index (κ1) is 10.5. The van der Waals surface area contributed by atoms with Crippen LogP contribution >= 0.6 is 0 Å². The van der Waals surface area contributed by atoms with Crippen molar-refractivity contribution in [3.63, 3.8) is 0 Å². The Balaban J connectivity index is 1.99. The van der Waals surface area contributed by atoms with Crippen molar-refractivity contribution in [1.29, 1.82) is 0 Å². The lowest BCUT2D eigenvalue weighted by molar-refractivity contribution is 0.407. The molecule has 17 heavy (non-hydrogen) atoms. The summed E-state index contributed by atoms with van der Waals surface area (Å²) in [7, 11) is 0. The van der Waals surface area contributed by atoms with E-state index in [1.165, 1.54) is 30.6 Å². The van der Waals surface area contributed by atoms with Crippen LogP contribution in [0.1, 0.15) is 36.4 Å². The van der Waals surface area contributed by atoms with Crippen molar-refractivity contribution in [3.05, 3.63) is 48.0 Å². The van der Waals surface area contributed by atoms with E-state index in [1.54, 1.807) is 0 Å². The largest absolute Gasteiger partial charge is 0.326 e. The van der Waals surface area contributed by atoms with Crippen LogP contribution in [0.15, 0.2) is 36.8 Å². The van der Waals surface area contributed by atoms with Gasteiger partial charge in [0, 0.05) is 30.0 Å². The predicted molar refractivity (Wildman–Crippen MR) is 68.0 cm³/mol. The molecular weight excluding hydrogens is 210 g/mol. The van der Waals surface area contributed by atoms with E-state index >= 15 is 0 Å². The predicted octanol–water partition coefficient (Wildman–Crippen LogP) is 2.60. The number of nitrogens with zero attached hydrogens (tertiary/aromatic N) is 2. The normalized spacial score (nSPS) is 15.8. The minimum absolute atomic E-state index is 0.585. The Hall–Kier alpha value is -1.61. The molecule has 0 aliphatic heterocycles. The molecule has 2 aromatic rings. The Morgan fingerprint density at radius 2 is 2.24 bits per heavy atom. The van der Waals surface area contributed by atoms with Crippen molar-refractivity contribution >= 4 is 0 Å². The molecule has 0 saturated heterocycles. The summed E-state index contributed by atoms with van der Waals surface area (Å²) in [5.74, 6) is 0.694. The molecule has 3 heteroatoms. The molecule has 1 aliphatic rings. The van der Waals surface area contributed by atoms with Gasteiger partial charge in [-0.1, -0.05) is 18.6 Å². The molecular formula is C14H17N3. The van der Waals surface area contributed by atoms with Crippen LogP contribution in [0.25, 0.3) is 5.69 Å². The smallest absolute Gasteiger partial charge is 0.0994 e. The van der Waals surface area contributed by atoms with Gasteiger partial charge in [-0.2, -0.15) is 0 Å². The number of aromatic nitrogens is 2. The van der Waals surface area contributed by atoms with Crippen LogP contribution in [-0.2, 0) is 6.54 Å². The van der Waals surface area contributed by atoms with E-state index < -0.39 is 0 Å². The molecule has 0 unspecified atom stereocenters. The minimum Gasteiger partial charge on any atom is -0.326 e. The van der Waals surface area contributed by atoms with Crippen molar-refractivity contribution in [1.82, 2.24) is 9.55 Å². The average molecular weight is 227 g/mol. The van der Waals surface area contributed by atoms with Crippen LogP contribution < -0.4 is 5.73 Å². The quantitative estimate of drug-likeness (QED) is 0.876. The molecule has 1 aliphatic carbocycles. The summed E-state index contributed by atoms with van der Waals surface area (Å²) in [6, 6.07) is 8.37. The van der Waals surface area contributed by atoms with Crippen LogP contribution in [0.2, 0.25) is 0 Å². The summed E-state index contributed by atoms with van der Waals surface area (Å²) in [5.41, 5.74) is 9.36. The van der Waals surface area contributed by atoms with Gasteiger partial charge < -0.3 is 10.3 Å². The molecule has 3 rings (SSSR count). The fourth-order valence-corrected chi connectivity index (χ4v) is 2.36. The summed E-state index contributed by atoms with van der Waals surface area (Å²) in [6.07, 6.45) is 7.84. The molecule has 88 valence electrons. The van der Waals surface area contributed by atoms with E-state index in [0.29, 0.717) is 12.5 Å². The Labute approximate surface area is 101 Å². The van der Waals surface area contributed by atoms with Crippen molar-refractivity contribution in [3.8, 4) is 5.69 Å². The van der Waals surface area contributed by atoms with Crippen LogP contribution in [0, 0.1) is 0 Å². The molecule has 1 fully saturated rings. The second-order valence-corrected chi connectivity index (χ2v) is 4.69. The molecule has 2 N–H and O–H groups in total. The van der Waals surface area contributed by atoms with Crippen molar-refractivity contribution in [2.45, 2.75) is 31.7 Å². The van der Waals surface area contributed by atoms with Gasteiger partial charge in [0.2, 0.25) is 0 Å². The number of imidazole rings is 1. The third kappa shape index (κ3) is 1.87. The maximum atomic E-state index is 5.68. The van der Waals surface area contributed by atoms with Crippen LogP contribution in [0.4, 0.5) is 0 Å². The van der Waals surface area contributed by atoms with Gasteiger partial charge in [0.05, 0.1) is 6.33 Å². The van der Waals surface area contributed by atoms with Gasteiger partial charge in [-0.05, 0) is 30.5 Å². The van der Waals surface area contributed by atoms with Gasteiger partial charge in [-0.25, -0.2) is 4.98 Å². The summed E-state index contributed by atoms with van der Waals surface area (Å²) in [5, 5.41) is 0. The van der Waals surface area contributed by atoms with Crippen molar-refractivity contribution < 1.29 is 0 Å². The van der Waals surface area contributed by atoms with Gasteiger partial charge in [-0.3, -0.25) is 0 Å². The number of hydrogen-bond donors (Lipinski definition) is 1. The number of hydrogen-bond acceptors (Lipinski definition) is 2. The lowest BCUT2D eigenvalue weighted by Crippen LogP contribution is -2.13. The SMILES string of the molecule is NCc1cccc(-n2cncc2C2CCC2)c1. The summed E-state index contributed by atoms with van der Waals surface area (Å²) in [6.45, 7) is 0.585. The number of benzene rings is 1. The van der Waals surface area contributed by atoms with Gasteiger partial charge in [0.1, 0.15) is 0 Å². The average Bonchev–Trinajstić information content (AvgIpc) is 2.76. The maximum absolute atomic E-state index is 5.68. The first-order valence-corrected chi connectivity index (χ1v) is 6.20. The zero-order valence-corrected chi connectivity index (χ0v) is 9.84. The van der Waals surface area contributed by atoms with E-state index in [-0.39, 0.29) is 0 Å². The fourth-order valence-electron chi connectivity index (χ4n) is 2.36. The summed E-state index contributed by atoms with van der Waals surface area (Å²) in [4.78, 5) is 4.29. The highest BCUT2D eigenvalue weighted by molar-refractivity contribution is 5.38. The molecule has 0 radical (unpaired) electrons. The second-order valence-electron chi connectivity index (χ2n) is 4.69. The van der Waals surface area contributed by atoms with Crippen LogP contribution in [-0.4, -0.2) is 9.55 Å². The Bertz CT molecular complexity index is 512. The molecule has 1 aromatic carbocycles. The van der Waals surface area contributed by atoms with E-state index in [0.717, 1.165) is 5.56 Å². The van der Waals surface area contributed by atoms with Crippen LogP contribution in [0.5, 0.6) is 0 Å². The Morgan fingerprint density at radius 1 is 1.35 bits per heavy atom. The topological polar surface area (TPSA) is 43.8 Å². The Morgan fingerprint density at radius 3 is 2.94 bits per heavy atom. The summed E-state index contributed by atoms with van der Waals surface area (Å²) < 4.78 is 2.20. The standard InChI is InChI=1S/C14H17N3/c15-8-11-3-1-6-13(7-11)17-10-16-9-14(17)12-4-2-5-12/h1,3,6-7,9-10,12H,2,4-5,8,15H2. The molecule has 0 spiro atoms. The van der Waals surface area contributed by atoms with Gasteiger partial charge >= 0.3 is 0 Å². The number of nitrogens with two attached hydrogens (primary N) is 1. The molecule has 1 heterocycles. The zero-order chi connectivity index (χ0) is 11.7. The number of rotatable bonds is 3. The minimum atomic E-state index is 0.585. The Kier molecular flexibility index (Phi) is 2.69. The monoisotopic (exact) mass is 227 g/mol. The van der Waals surface area contributed by atoms with E-state index in [2.05, 4.69) is 33.8 Å². The maximum Gasteiger partial charge on any atom is 0.0994 e. The second kappa shape index (κ2) is 4.34. The summed E-state index contributed by atoms with van der Waals surface area (Å²) >= 11 is 0. The van der Waals surface area contributed by atoms with Gasteiger partial charge in [-0.15, -0.1) is 0 Å². The third-order valence-electron chi connectivity index (χ3n) is 3.62. The molecule has 3 nitrogen and oxygen atoms in total. The van der Waals surface area contributed by atoms with E-state index in [9.17, 15) is 0 Å². The first-order valence-electron chi connectivity index (χ1n) is 6.20. The highest BCUT2D eigenvalue weighted by Gasteiger charge is 2.23. The highest BCUT2D eigenvalue weighted by atomic mass is 15.1. The lowest BCUT2D eigenvalue weighted by atomic mass is 9.83. The third-order valence-corrected chi connectivity index (χ3v) is 3.62. The molecule has 0 amide bonds. The van der Waals surface area contributed by atoms with Crippen LogP contribution in [0.3, 0.4) is 0 Å². The van der Waals surface area contributed by atoms with E-state index in [4.69, 9.17) is 5.73 Å². The van der Waals surface area contributed by atoms with Gasteiger partial charge in [0.15, 0.2) is 0 Å². The zero-order valence-electron chi connectivity index (χ0n) is 9.84. The molecule has 0 bridgehead atoms. The van der Waals surface area contributed by atoms with Crippen molar-refractivity contribution in [2.24, 2.45) is 5.73 Å².